The van der Waals surface area contributed by atoms with Crippen LogP contribution in [-0.2, 0) is 26.1 Å². The van der Waals surface area contributed by atoms with Crippen LogP contribution in [0, 0.1) is 0 Å². The second-order valence-electron chi connectivity index (χ2n) is 4.54. The number of nitrogens with two attached hydrogens (primary N) is 1. The van der Waals surface area contributed by atoms with Gasteiger partial charge in [0.2, 0.25) is 15.9 Å². The predicted octanol–water partition coefficient (Wildman–Crippen LogP) is -0.00350. The molecule has 1 aromatic carbocycles. The molecule has 9 heteroatoms. The minimum absolute atomic E-state index is 0. The Kier molecular flexibility index (Phi) is 9.22. The first-order valence-electron chi connectivity index (χ1n) is 6.47. The number of ether oxygens (including phenoxy) is 1. The fourth-order valence-electron chi connectivity index (χ4n) is 1.50. The molecule has 1 atom stereocenters. The van der Waals surface area contributed by atoms with E-state index >= 15 is 0 Å². The van der Waals surface area contributed by atoms with E-state index in [9.17, 15) is 13.2 Å². The number of amides is 1. The van der Waals surface area contributed by atoms with Crippen LogP contribution >= 0.6 is 12.4 Å². The van der Waals surface area contributed by atoms with Gasteiger partial charge in [0.25, 0.3) is 0 Å². The van der Waals surface area contributed by atoms with Gasteiger partial charge in [-0.2, -0.15) is 0 Å². The lowest BCUT2D eigenvalue weighted by molar-refractivity contribution is -0.122. The van der Waals surface area contributed by atoms with Gasteiger partial charge in [0.1, 0.15) is 0 Å². The largest absolute Gasteiger partial charge is 0.383 e. The van der Waals surface area contributed by atoms with Gasteiger partial charge in [0.15, 0.2) is 0 Å². The van der Waals surface area contributed by atoms with Crippen molar-refractivity contribution in [3.63, 3.8) is 0 Å². The maximum absolute atomic E-state index is 11.9. The topological polar surface area (TPSA) is 111 Å². The lowest BCUT2D eigenvalue weighted by Gasteiger charge is -2.09. The van der Waals surface area contributed by atoms with E-state index in [0.717, 1.165) is 5.56 Å². The van der Waals surface area contributed by atoms with Gasteiger partial charge in [-0.1, -0.05) is 12.1 Å². The smallest absolute Gasteiger partial charge is 0.240 e. The molecule has 1 amide bonds. The molecule has 22 heavy (non-hydrogen) atoms. The van der Waals surface area contributed by atoms with Crippen molar-refractivity contribution in [1.29, 1.82) is 0 Å². The summed E-state index contributed by atoms with van der Waals surface area (Å²) in [5.41, 5.74) is 6.22. The quantitative estimate of drug-likeness (QED) is 0.571. The average molecular weight is 352 g/mol. The number of hydrogen-bond donors (Lipinski definition) is 3. The number of halogens is 1. The monoisotopic (exact) mass is 351 g/mol. The zero-order valence-corrected chi connectivity index (χ0v) is 14.2. The van der Waals surface area contributed by atoms with E-state index in [-0.39, 0.29) is 29.8 Å². The summed E-state index contributed by atoms with van der Waals surface area (Å²) >= 11 is 0. The van der Waals surface area contributed by atoms with E-state index in [1.165, 1.54) is 19.2 Å². The first kappa shape index (κ1) is 20.8. The van der Waals surface area contributed by atoms with E-state index in [4.69, 9.17) is 10.5 Å². The number of nitrogens with one attached hydrogen (secondary N) is 2. The van der Waals surface area contributed by atoms with Crippen LogP contribution < -0.4 is 15.8 Å². The molecule has 1 rings (SSSR count). The molecule has 4 N–H and O–H groups in total. The van der Waals surface area contributed by atoms with Crippen LogP contribution in [0.15, 0.2) is 29.2 Å². The van der Waals surface area contributed by atoms with Crippen molar-refractivity contribution in [1.82, 2.24) is 10.0 Å². The molecule has 0 radical (unpaired) electrons. The predicted molar refractivity (Wildman–Crippen MR) is 86.3 cm³/mol. The van der Waals surface area contributed by atoms with E-state index in [1.54, 1.807) is 19.1 Å². The third-order valence-corrected chi connectivity index (χ3v) is 4.19. The van der Waals surface area contributed by atoms with Crippen molar-refractivity contribution in [3.8, 4) is 0 Å². The summed E-state index contributed by atoms with van der Waals surface area (Å²) in [7, 11) is -2.03. The standard InChI is InChI=1S/C13H21N3O4S.ClH/c1-10(14)13(17)15-9-11-3-5-12(6-4-11)21(18,19)16-7-8-20-2;/h3-6,10,16H,7-9,14H2,1-2H3,(H,15,17);1H/t10-;/m1./s1. The van der Waals surface area contributed by atoms with Crippen LogP contribution in [0.5, 0.6) is 0 Å². The van der Waals surface area contributed by atoms with Crippen molar-refractivity contribution < 1.29 is 17.9 Å². The molecule has 1 aromatic rings. The maximum atomic E-state index is 11.9. The molecule has 0 aliphatic heterocycles. The molecule has 0 fully saturated rings. The lowest BCUT2D eigenvalue weighted by atomic mass is 10.2. The molecule has 0 saturated heterocycles. The van der Waals surface area contributed by atoms with Crippen LogP contribution in [0.4, 0.5) is 0 Å². The molecule has 0 aliphatic carbocycles. The van der Waals surface area contributed by atoms with Crippen LogP contribution in [-0.4, -0.2) is 40.6 Å². The third-order valence-electron chi connectivity index (χ3n) is 2.71. The minimum Gasteiger partial charge on any atom is -0.383 e. The SMILES string of the molecule is COCCNS(=O)(=O)c1ccc(CNC(=O)[C@@H](C)N)cc1.Cl. The Morgan fingerprint density at radius 1 is 1.32 bits per heavy atom. The summed E-state index contributed by atoms with van der Waals surface area (Å²) in [4.78, 5) is 11.5. The van der Waals surface area contributed by atoms with Crippen molar-refractivity contribution in [2.75, 3.05) is 20.3 Å². The average Bonchev–Trinajstić information content (AvgIpc) is 2.45. The van der Waals surface area contributed by atoms with Crippen molar-refractivity contribution >= 4 is 28.3 Å². The van der Waals surface area contributed by atoms with Gasteiger partial charge in [0.05, 0.1) is 17.5 Å². The Morgan fingerprint density at radius 3 is 2.41 bits per heavy atom. The van der Waals surface area contributed by atoms with Crippen LogP contribution in [0.2, 0.25) is 0 Å². The molecule has 0 spiro atoms. The van der Waals surface area contributed by atoms with E-state index < -0.39 is 16.1 Å². The van der Waals surface area contributed by atoms with E-state index in [2.05, 4.69) is 10.0 Å². The number of carbonyl (C=O) groups is 1. The van der Waals surface area contributed by atoms with Gasteiger partial charge in [-0.25, -0.2) is 13.1 Å². The molecular weight excluding hydrogens is 330 g/mol. The molecule has 7 nitrogen and oxygen atoms in total. The lowest BCUT2D eigenvalue weighted by Crippen LogP contribution is -2.37. The van der Waals surface area contributed by atoms with Crippen LogP contribution in [0.25, 0.3) is 0 Å². The zero-order valence-electron chi connectivity index (χ0n) is 12.5. The summed E-state index contributed by atoms with van der Waals surface area (Å²) in [6, 6.07) is 5.69. The van der Waals surface area contributed by atoms with Gasteiger partial charge < -0.3 is 15.8 Å². The van der Waals surface area contributed by atoms with Crippen molar-refractivity contribution in [2.45, 2.75) is 24.4 Å². The number of hydrogen-bond acceptors (Lipinski definition) is 5. The molecule has 0 saturated carbocycles. The second kappa shape index (κ2) is 9.75. The number of carbonyl (C=O) groups excluding carboxylic acids is 1. The van der Waals surface area contributed by atoms with Crippen LogP contribution in [0.1, 0.15) is 12.5 Å². The highest BCUT2D eigenvalue weighted by Gasteiger charge is 2.13. The van der Waals surface area contributed by atoms with Gasteiger partial charge in [0, 0.05) is 20.2 Å². The number of benzene rings is 1. The summed E-state index contributed by atoms with van der Waals surface area (Å²) < 4.78 is 31.1. The first-order valence-corrected chi connectivity index (χ1v) is 7.96. The molecule has 0 aromatic heterocycles. The summed E-state index contributed by atoms with van der Waals surface area (Å²) in [6.45, 7) is 2.42. The van der Waals surface area contributed by atoms with Gasteiger partial charge in [-0.15, -0.1) is 12.4 Å². The molecule has 0 bridgehead atoms. The van der Waals surface area contributed by atoms with Gasteiger partial charge in [-0.05, 0) is 24.6 Å². The van der Waals surface area contributed by atoms with Gasteiger partial charge in [-0.3, -0.25) is 4.79 Å². The Hall–Kier alpha value is -1.19. The molecule has 126 valence electrons. The first-order chi connectivity index (χ1) is 9.86. The zero-order chi connectivity index (χ0) is 15.9. The molecular formula is C13H22ClN3O4S. The second-order valence-corrected chi connectivity index (χ2v) is 6.31. The Morgan fingerprint density at radius 2 is 1.91 bits per heavy atom. The van der Waals surface area contributed by atoms with Gasteiger partial charge >= 0.3 is 0 Å². The highest BCUT2D eigenvalue weighted by Crippen LogP contribution is 2.10. The highest BCUT2D eigenvalue weighted by molar-refractivity contribution is 7.89. The maximum Gasteiger partial charge on any atom is 0.240 e. The normalized spacial score (nSPS) is 12.3. The van der Waals surface area contributed by atoms with E-state index in [0.29, 0.717) is 13.2 Å². The van der Waals surface area contributed by atoms with Crippen molar-refractivity contribution in [3.05, 3.63) is 29.8 Å². The highest BCUT2D eigenvalue weighted by atomic mass is 35.5. The number of methoxy groups -OCH3 is 1. The Balaban J connectivity index is 0.00000441. The molecule has 0 aliphatic rings. The fourth-order valence-corrected chi connectivity index (χ4v) is 2.51. The van der Waals surface area contributed by atoms with Crippen LogP contribution in [0.3, 0.4) is 0 Å². The van der Waals surface area contributed by atoms with E-state index in [1.807, 2.05) is 0 Å². The fraction of sp³-hybridized carbons (Fsp3) is 0.462. The number of rotatable bonds is 8. The molecule has 0 heterocycles. The van der Waals surface area contributed by atoms with Crippen molar-refractivity contribution in [2.24, 2.45) is 5.73 Å². The molecule has 0 unspecified atom stereocenters. The number of sulfonamides is 1. The third kappa shape index (κ3) is 6.71. The Bertz CT molecular complexity index is 561. The summed E-state index contributed by atoms with van der Waals surface area (Å²) in [6.07, 6.45) is 0. The Labute approximate surface area is 137 Å². The minimum atomic E-state index is -3.53. The summed E-state index contributed by atoms with van der Waals surface area (Å²) in [5.74, 6) is -0.257. The summed E-state index contributed by atoms with van der Waals surface area (Å²) in [5, 5.41) is 2.65.